The summed E-state index contributed by atoms with van der Waals surface area (Å²) >= 11 is 0. The fourth-order valence-corrected chi connectivity index (χ4v) is 2.29. The van der Waals surface area contributed by atoms with Crippen molar-refractivity contribution in [2.24, 2.45) is 0 Å². The Bertz CT molecular complexity index is 828. The number of nitrogens with one attached hydrogen (secondary N) is 1. The van der Waals surface area contributed by atoms with Gasteiger partial charge in [0.2, 0.25) is 0 Å². The van der Waals surface area contributed by atoms with Crippen molar-refractivity contribution in [1.82, 2.24) is 5.32 Å². The first-order chi connectivity index (χ1) is 13.4. The average molecular weight is 395 g/mol. The molecule has 1 amide bonds. The normalized spacial score (nSPS) is 10.4. The molecule has 2 rings (SSSR count). The zero-order valence-electron chi connectivity index (χ0n) is 15.0. The highest BCUT2D eigenvalue weighted by molar-refractivity contribution is 5.94. The van der Waals surface area contributed by atoms with Gasteiger partial charge in [-0.25, -0.2) is 4.79 Å². The Kier molecular flexibility index (Phi) is 7.55. The molecule has 2 aromatic rings. The smallest absolute Gasteiger partial charge is 0.387 e. The number of carbonyl (C=O) groups is 2. The topological polar surface area (TPSA) is 94.1 Å². The van der Waals surface area contributed by atoms with Crippen LogP contribution in [0.4, 0.5) is 8.78 Å². The van der Waals surface area contributed by atoms with Crippen LogP contribution < -0.4 is 19.5 Å². The number of carboxylic acid groups (broad SMARTS) is 1. The summed E-state index contributed by atoms with van der Waals surface area (Å²) in [6.45, 7) is -1.33. The Labute approximate surface area is 159 Å². The Morgan fingerprint density at radius 2 is 1.89 bits per heavy atom. The highest BCUT2D eigenvalue weighted by atomic mass is 19.3. The van der Waals surface area contributed by atoms with Crippen molar-refractivity contribution < 1.29 is 37.7 Å². The highest BCUT2D eigenvalue weighted by Gasteiger charge is 2.13. The van der Waals surface area contributed by atoms with Crippen LogP contribution in [0.25, 0.3) is 0 Å². The lowest BCUT2D eigenvalue weighted by Crippen LogP contribution is -2.23. The molecule has 0 fully saturated rings. The van der Waals surface area contributed by atoms with Crippen molar-refractivity contribution in [3.63, 3.8) is 0 Å². The molecule has 0 unspecified atom stereocenters. The number of aliphatic carboxylic acids is 1. The van der Waals surface area contributed by atoms with Crippen molar-refractivity contribution in [2.45, 2.75) is 20.1 Å². The summed E-state index contributed by atoms with van der Waals surface area (Å²) < 4.78 is 39.4. The summed E-state index contributed by atoms with van der Waals surface area (Å²) in [6.07, 6.45) is 0. The molecular weight excluding hydrogens is 376 g/mol. The highest BCUT2D eigenvalue weighted by Crippen LogP contribution is 2.28. The van der Waals surface area contributed by atoms with Crippen molar-refractivity contribution >= 4 is 11.9 Å². The first kappa shape index (κ1) is 20.9. The van der Waals surface area contributed by atoms with Crippen molar-refractivity contribution in [1.29, 1.82) is 0 Å². The molecule has 0 aromatic heterocycles. The SMILES string of the molecule is CCOc1cc(C(=O)NCc2cccc(OC(F)F)c2)ccc1OCC(=O)O. The fourth-order valence-electron chi connectivity index (χ4n) is 2.29. The third kappa shape index (κ3) is 6.42. The van der Waals surface area contributed by atoms with Gasteiger partial charge in [0.1, 0.15) is 5.75 Å². The zero-order chi connectivity index (χ0) is 20.5. The lowest BCUT2D eigenvalue weighted by atomic mass is 10.1. The monoisotopic (exact) mass is 395 g/mol. The summed E-state index contributed by atoms with van der Waals surface area (Å²) in [5, 5.41) is 11.4. The fraction of sp³-hybridized carbons (Fsp3) is 0.263. The van der Waals surface area contributed by atoms with Crippen molar-refractivity contribution in [2.75, 3.05) is 13.2 Å². The van der Waals surface area contributed by atoms with E-state index in [1.54, 1.807) is 19.1 Å². The van der Waals surface area contributed by atoms with E-state index in [9.17, 15) is 18.4 Å². The van der Waals surface area contributed by atoms with E-state index >= 15 is 0 Å². The van der Waals surface area contributed by atoms with Crippen LogP contribution in [0.1, 0.15) is 22.8 Å². The van der Waals surface area contributed by atoms with Crippen LogP contribution in [0.15, 0.2) is 42.5 Å². The molecular formula is C19H19F2NO6. The molecule has 7 nitrogen and oxygen atoms in total. The van der Waals surface area contributed by atoms with E-state index in [0.29, 0.717) is 12.2 Å². The number of benzene rings is 2. The molecule has 0 atom stereocenters. The van der Waals surface area contributed by atoms with Crippen LogP contribution in [0, 0.1) is 0 Å². The molecule has 9 heteroatoms. The molecule has 0 aliphatic carbocycles. The van der Waals surface area contributed by atoms with E-state index in [1.807, 2.05) is 0 Å². The van der Waals surface area contributed by atoms with E-state index in [-0.39, 0.29) is 29.4 Å². The molecule has 0 heterocycles. The van der Waals surface area contributed by atoms with E-state index in [2.05, 4.69) is 10.1 Å². The van der Waals surface area contributed by atoms with E-state index in [0.717, 1.165) is 0 Å². The second-order valence-corrected chi connectivity index (χ2v) is 5.49. The molecule has 0 radical (unpaired) electrons. The molecule has 0 saturated heterocycles. The molecule has 0 spiro atoms. The maximum Gasteiger partial charge on any atom is 0.387 e. The predicted molar refractivity (Wildman–Crippen MR) is 95.0 cm³/mol. The Balaban J connectivity index is 2.05. The van der Waals surface area contributed by atoms with Gasteiger partial charge in [0, 0.05) is 12.1 Å². The summed E-state index contributed by atoms with van der Waals surface area (Å²) in [6, 6.07) is 10.3. The number of rotatable bonds is 10. The number of halogens is 2. The number of carboxylic acids is 1. The number of ether oxygens (including phenoxy) is 3. The molecule has 0 aliphatic rings. The zero-order valence-corrected chi connectivity index (χ0v) is 15.0. The third-order valence-electron chi connectivity index (χ3n) is 3.43. The minimum atomic E-state index is -2.93. The number of hydrogen-bond donors (Lipinski definition) is 2. The Morgan fingerprint density at radius 3 is 2.57 bits per heavy atom. The van der Waals surface area contributed by atoms with Crippen LogP contribution >= 0.6 is 0 Å². The second kappa shape index (κ2) is 10.1. The number of amides is 1. The lowest BCUT2D eigenvalue weighted by molar-refractivity contribution is -0.139. The van der Waals surface area contributed by atoms with Crippen LogP contribution in [0.3, 0.4) is 0 Å². The number of hydrogen-bond acceptors (Lipinski definition) is 5. The van der Waals surface area contributed by atoms with Gasteiger partial charge in [-0.1, -0.05) is 12.1 Å². The van der Waals surface area contributed by atoms with Gasteiger partial charge in [0.05, 0.1) is 6.61 Å². The van der Waals surface area contributed by atoms with Gasteiger partial charge in [0.15, 0.2) is 18.1 Å². The van der Waals surface area contributed by atoms with Crippen molar-refractivity contribution in [3.05, 3.63) is 53.6 Å². The van der Waals surface area contributed by atoms with Crippen molar-refractivity contribution in [3.8, 4) is 17.2 Å². The second-order valence-electron chi connectivity index (χ2n) is 5.49. The quantitative estimate of drug-likeness (QED) is 0.642. The molecule has 28 heavy (non-hydrogen) atoms. The molecule has 150 valence electrons. The maximum absolute atomic E-state index is 12.4. The Morgan fingerprint density at radius 1 is 1.11 bits per heavy atom. The largest absolute Gasteiger partial charge is 0.490 e. The molecule has 2 aromatic carbocycles. The average Bonchev–Trinajstić information content (AvgIpc) is 2.65. The van der Waals surface area contributed by atoms with Crippen LogP contribution in [0.2, 0.25) is 0 Å². The molecule has 2 N–H and O–H groups in total. The third-order valence-corrected chi connectivity index (χ3v) is 3.43. The first-order valence-electron chi connectivity index (χ1n) is 8.32. The molecule has 0 aliphatic heterocycles. The van der Waals surface area contributed by atoms with Gasteiger partial charge >= 0.3 is 12.6 Å². The van der Waals surface area contributed by atoms with E-state index < -0.39 is 25.1 Å². The van der Waals surface area contributed by atoms with Gasteiger partial charge in [-0.15, -0.1) is 0 Å². The van der Waals surface area contributed by atoms with E-state index in [1.165, 1.54) is 30.3 Å². The van der Waals surface area contributed by atoms with Gasteiger partial charge in [-0.3, -0.25) is 4.79 Å². The Hall–Kier alpha value is -3.36. The summed E-state index contributed by atoms with van der Waals surface area (Å²) in [4.78, 5) is 23.0. The van der Waals surface area contributed by atoms with Gasteiger partial charge < -0.3 is 24.6 Å². The minimum absolute atomic E-state index is 0.000290. The summed E-state index contributed by atoms with van der Waals surface area (Å²) in [5.74, 6) is -1.12. The first-order valence-corrected chi connectivity index (χ1v) is 8.32. The summed E-state index contributed by atoms with van der Waals surface area (Å²) in [5.41, 5.74) is 0.851. The minimum Gasteiger partial charge on any atom is -0.490 e. The lowest BCUT2D eigenvalue weighted by Gasteiger charge is -2.13. The van der Waals surface area contributed by atoms with Crippen LogP contribution in [0.5, 0.6) is 17.2 Å². The molecule has 0 bridgehead atoms. The van der Waals surface area contributed by atoms with E-state index in [4.69, 9.17) is 14.6 Å². The standard InChI is InChI=1S/C19H19F2NO6/c1-2-26-16-9-13(6-7-15(16)27-11-17(23)24)18(25)22-10-12-4-3-5-14(8-12)28-19(20)21/h3-9,19H,2,10-11H2,1H3,(H,22,25)(H,23,24). The van der Waals surface area contributed by atoms with Gasteiger partial charge in [-0.05, 0) is 42.8 Å². The maximum atomic E-state index is 12.4. The van der Waals surface area contributed by atoms with Crippen LogP contribution in [-0.4, -0.2) is 36.8 Å². The van der Waals surface area contributed by atoms with Gasteiger partial charge in [0.25, 0.3) is 5.91 Å². The van der Waals surface area contributed by atoms with Crippen LogP contribution in [-0.2, 0) is 11.3 Å². The number of alkyl halides is 2. The summed E-state index contributed by atoms with van der Waals surface area (Å²) in [7, 11) is 0. The van der Waals surface area contributed by atoms with Gasteiger partial charge in [-0.2, -0.15) is 8.78 Å². The predicted octanol–water partition coefficient (Wildman–Crippen LogP) is 3.08. The number of carbonyl (C=O) groups excluding carboxylic acids is 1. The molecule has 0 saturated carbocycles.